The lowest BCUT2D eigenvalue weighted by Crippen LogP contribution is -2.45. The van der Waals surface area contributed by atoms with Crippen LogP contribution in [0.15, 0.2) is 54.6 Å². The van der Waals surface area contributed by atoms with E-state index in [0.29, 0.717) is 18.4 Å². The van der Waals surface area contributed by atoms with Gasteiger partial charge in [-0.15, -0.1) is 0 Å². The van der Waals surface area contributed by atoms with Gasteiger partial charge in [0.25, 0.3) is 0 Å². The fourth-order valence-electron chi connectivity index (χ4n) is 2.53. The molecule has 128 valence electrons. The number of nitrogens with one attached hydrogen (secondary N) is 1. The first-order chi connectivity index (χ1) is 11.5. The SMILES string of the molecule is CC(CC(O)c1ccc(F)cc1)NC(=O)[C@@H](N)Cc1ccccc1. The number of aliphatic hydroxyl groups is 1. The predicted octanol–water partition coefficient (Wildman–Crippen LogP) is 2.32. The summed E-state index contributed by atoms with van der Waals surface area (Å²) >= 11 is 0. The first-order valence-corrected chi connectivity index (χ1v) is 7.99. The average Bonchev–Trinajstić information content (AvgIpc) is 2.56. The van der Waals surface area contributed by atoms with Crippen LogP contribution >= 0.6 is 0 Å². The van der Waals surface area contributed by atoms with Gasteiger partial charge in [-0.3, -0.25) is 4.79 Å². The number of benzene rings is 2. The summed E-state index contributed by atoms with van der Waals surface area (Å²) in [6.45, 7) is 1.81. The average molecular weight is 330 g/mol. The van der Waals surface area contributed by atoms with E-state index in [1.807, 2.05) is 30.3 Å². The number of hydrogen-bond acceptors (Lipinski definition) is 3. The van der Waals surface area contributed by atoms with Crippen molar-refractivity contribution in [2.75, 3.05) is 0 Å². The Morgan fingerprint density at radius 1 is 1.17 bits per heavy atom. The van der Waals surface area contributed by atoms with Gasteiger partial charge in [0.1, 0.15) is 5.82 Å². The molecule has 24 heavy (non-hydrogen) atoms. The molecular formula is C19H23FN2O2. The zero-order chi connectivity index (χ0) is 17.5. The van der Waals surface area contributed by atoms with E-state index in [-0.39, 0.29) is 17.8 Å². The number of nitrogens with two attached hydrogens (primary N) is 1. The zero-order valence-electron chi connectivity index (χ0n) is 13.7. The van der Waals surface area contributed by atoms with Crippen molar-refractivity contribution in [1.82, 2.24) is 5.32 Å². The van der Waals surface area contributed by atoms with Gasteiger partial charge in [0, 0.05) is 6.04 Å². The van der Waals surface area contributed by atoms with Crippen LogP contribution in [-0.2, 0) is 11.2 Å². The minimum Gasteiger partial charge on any atom is -0.388 e. The molecule has 2 aromatic carbocycles. The van der Waals surface area contributed by atoms with Crippen LogP contribution in [0.25, 0.3) is 0 Å². The van der Waals surface area contributed by atoms with E-state index in [1.165, 1.54) is 24.3 Å². The van der Waals surface area contributed by atoms with Crippen LogP contribution in [0.2, 0.25) is 0 Å². The molecule has 2 unspecified atom stereocenters. The lowest BCUT2D eigenvalue weighted by atomic mass is 10.0. The molecule has 0 saturated carbocycles. The molecule has 4 nitrogen and oxygen atoms in total. The number of carbonyl (C=O) groups excluding carboxylic acids is 1. The third-order valence-electron chi connectivity index (χ3n) is 3.86. The monoisotopic (exact) mass is 330 g/mol. The Balaban J connectivity index is 1.83. The highest BCUT2D eigenvalue weighted by Crippen LogP contribution is 2.18. The molecule has 0 heterocycles. The first kappa shape index (κ1) is 18.1. The van der Waals surface area contributed by atoms with Gasteiger partial charge in [0.15, 0.2) is 0 Å². The molecule has 0 spiro atoms. The minimum absolute atomic E-state index is 0.251. The van der Waals surface area contributed by atoms with E-state index in [9.17, 15) is 14.3 Å². The summed E-state index contributed by atoms with van der Waals surface area (Å²) in [5.41, 5.74) is 7.56. The largest absolute Gasteiger partial charge is 0.388 e. The standard InChI is InChI=1S/C19H23FN2O2/c1-13(11-18(23)15-7-9-16(20)10-8-15)22-19(24)17(21)12-14-5-3-2-4-6-14/h2-10,13,17-18,23H,11-12,21H2,1H3,(H,22,24)/t13?,17-,18?/m0/s1. The molecular weight excluding hydrogens is 307 g/mol. The summed E-state index contributed by atoms with van der Waals surface area (Å²) < 4.78 is 12.9. The fraction of sp³-hybridized carbons (Fsp3) is 0.316. The van der Waals surface area contributed by atoms with Gasteiger partial charge in [-0.25, -0.2) is 4.39 Å². The molecule has 0 radical (unpaired) electrons. The second-order valence-electron chi connectivity index (χ2n) is 6.01. The van der Waals surface area contributed by atoms with Crippen molar-refractivity contribution < 1.29 is 14.3 Å². The van der Waals surface area contributed by atoms with Crippen molar-refractivity contribution in [2.45, 2.75) is 38.0 Å². The molecule has 0 aliphatic rings. The number of carbonyl (C=O) groups is 1. The van der Waals surface area contributed by atoms with Gasteiger partial charge in [0.2, 0.25) is 5.91 Å². The summed E-state index contributed by atoms with van der Waals surface area (Å²) in [6.07, 6.45) is 0.0150. The smallest absolute Gasteiger partial charge is 0.237 e. The van der Waals surface area contributed by atoms with Crippen molar-refractivity contribution >= 4 is 5.91 Å². The van der Waals surface area contributed by atoms with Gasteiger partial charge < -0.3 is 16.2 Å². The molecule has 2 rings (SSSR count). The zero-order valence-corrected chi connectivity index (χ0v) is 13.7. The van der Waals surface area contributed by atoms with Crippen molar-refractivity contribution in [3.63, 3.8) is 0 Å². The third-order valence-corrected chi connectivity index (χ3v) is 3.86. The second kappa shape index (κ2) is 8.57. The van der Waals surface area contributed by atoms with E-state index < -0.39 is 12.1 Å². The lowest BCUT2D eigenvalue weighted by Gasteiger charge is -2.20. The first-order valence-electron chi connectivity index (χ1n) is 7.99. The highest BCUT2D eigenvalue weighted by Gasteiger charge is 2.18. The van der Waals surface area contributed by atoms with Gasteiger partial charge in [-0.05, 0) is 43.0 Å². The van der Waals surface area contributed by atoms with E-state index >= 15 is 0 Å². The molecule has 2 aromatic rings. The number of hydrogen-bond donors (Lipinski definition) is 3. The molecule has 0 aromatic heterocycles. The summed E-state index contributed by atoms with van der Waals surface area (Å²) in [6, 6.07) is 14.4. The molecule has 5 heteroatoms. The van der Waals surface area contributed by atoms with Gasteiger partial charge in [-0.2, -0.15) is 0 Å². The number of aliphatic hydroxyl groups excluding tert-OH is 1. The molecule has 0 aliphatic carbocycles. The normalized spacial score (nSPS) is 14.7. The minimum atomic E-state index is -0.772. The maximum atomic E-state index is 12.9. The molecule has 1 amide bonds. The van der Waals surface area contributed by atoms with Gasteiger partial charge >= 0.3 is 0 Å². The molecule has 4 N–H and O–H groups in total. The molecule has 0 fully saturated rings. The second-order valence-corrected chi connectivity index (χ2v) is 6.01. The van der Waals surface area contributed by atoms with Gasteiger partial charge in [-0.1, -0.05) is 42.5 Å². The van der Waals surface area contributed by atoms with Crippen LogP contribution in [0.3, 0.4) is 0 Å². The Kier molecular flexibility index (Phi) is 6.46. The van der Waals surface area contributed by atoms with E-state index in [1.54, 1.807) is 6.92 Å². The Hall–Kier alpha value is -2.24. The number of rotatable bonds is 7. The van der Waals surface area contributed by atoms with Crippen molar-refractivity contribution in [1.29, 1.82) is 0 Å². The van der Waals surface area contributed by atoms with Crippen LogP contribution in [0.1, 0.15) is 30.6 Å². The van der Waals surface area contributed by atoms with E-state index in [4.69, 9.17) is 5.73 Å². The van der Waals surface area contributed by atoms with Gasteiger partial charge in [0.05, 0.1) is 12.1 Å². The van der Waals surface area contributed by atoms with Crippen molar-refractivity contribution in [3.8, 4) is 0 Å². The summed E-state index contributed by atoms with van der Waals surface area (Å²) in [4.78, 5) is 12.2. The van der Waals surface area contributed by atoms with Crippen molar-refractivity contribution in [3.05, 3.63) is 71.5 Å². The quantitative estimate of drug-likeness (QED) is 0.729. The summed E-state index contributed by atoms with van der Waals surface area (Å²) in [5, 5.41) is 13.0. The molecule has 3 atom stereocenters. The van der Waals surface area contributed by atoms with E-state index in [0.717, 1.165) is 5.56 Å². The fourth-order valence-corrected chi connectivity index (χ4v) is 2.53. The predicted molar refractivity (Wildman–Crippen MR) is 91.7 cm³/mol. The Bertz CT molecular complexity index is 646. The highest BCUT2D eigenvalue weighted by molar-refractivity contribution is 5.82. The third kappa shape index (κ3) is 5.44. The Labute approximate surface area is 141 Å². The molecule has 0 saturated heterocycles. The summed E-state index contributed by atoms with van der Waals surface area (Å²) in [5.74, 6) is -0.600. The molecule has 0 aliphatic heterocycles. The van der Waals surface area contributed by atoms with Crippen LogP contribution < -0.4 is 11.1 Å². The van der Waals surface area contributed by atoms with Crippen LogP contribution in [-0.4, -0.2) is 23.1 Å². The van der Waals surface area contributed by atoms with Crippen LogP contribution in [0.5, 0.6) is 0 Å². The highest BCUT2D eigenvalue weighted by atomic mass is 19.1. The summed E-state index contributed by atoms with van der Waals surface area (Å²) in [7, 11) is 0. The van der Waals surface area contributed by atoms with Crippen molar-refractivity contribution in [2.24, 2.45) is 5.73 Å². The Morgan fingerprint density at radius 2 is 1.79 bits per heavy atom. The van der Waals surface area contributed by atoms with E-state index in [2.05, 4.69) is 5.32 Å². The number of halogens is 1. The number of amides is 1. The topological polar surface area (TPSA) is 75.3 Å². The van der Waals surface area contributed by atoms with Crippen LogP contribution in [0, 0.1) is 5.82 Å². The maximum absolute atomic E-state index is 12.9. The Morgan fingerprint density at radius 3 is 2.42 bits per heavy atom. The molecule has 0 bridgehead atoms. The maximum Gasteiger partial charge on any atom is 0.237 e. The van der Waals surface area contributed by atoms with Crippen LogP contribution in [0.4, 0.5) is 4.39 Å². The lowest BCUT2D eigenvalue weighted by molar-refractivity contribution is -0.123.